The summed E-state index contributed by atoms with van der Waals surface area (Å²) >= 11 is 1.23. The molecule has 0 bridgehead atoms. The van der Waals surface area contributed by atoms with Gasteiger partial charge in [-0.3, -0.25) is 4.79 Å². The molecule has 1 N–H and O–H groups in total. The molecule has 19 heavy (non-hydrogen) atoms. The van der Waals surface area contributed by atoms with Crippen molar-refractivity contribution in [3.8, 4) is 0 Å². The Bertz CT molecular complexity index is 498. The first-order valence-corrected chi connectivity index (χ1v) is 7.19. The second kappa shape index (κ2) is 5.69. The van der Waals surface area contributed by atoms with E-state index in [9.17, 15) is 9.59 Å². The van der Waals surface area contributed by atoms with E-state index < -0.39 is 5.97 Å². The number of ketones is 1. The topological polar surface area (TPSA) is 68.3 Å². The van der Waals surface area contributed by atoms with Crippen LogP contribution in [0.5, 0.6) is 0 Å². The molecule has 6 heteroatoms. The SMILES string of the molecule is COC(=O)c1nc(NC2CCC(C)C2)sc1C(C)=O. The van der Waals surface area contributed by atoms with Gasteiger partial charge in [-0.1, -0.05) is 18.3 Å². The van der Waals surface area contributed by atoms with Crippen LogP contribution in [0, 0.1) is 5.92 Å². The van der Waals surface area contributed by atoms with Gasteiger partial charge in [0, 0.05) is 13.0 Å². The number of carbonyl (C=O) groups is 2. The zero-order valence-corrected chi connectivity index (χ0v) is 12.2. The zero-order valence-electron chi connectivity index (χ0n) is 11.4. The molecule has 2 rings (SSSR count). The molecule has 0 spiro atoms. The van der Waals surface area contributed by atoms with E-state index in [-0.39, 0.29) is 11.5 Å². The van der Waals surface area contributed by atoms with E-state index in [0.29, 0.717) is 22.0 Å². The summed E-state index contributed by atoms with van der Waals surface area (Å²) in [6, 6.07) is 0.381. The summed E-state index contributed by atoms with van der Waals surface area (Å²) in [4.78, 5) is 27.7. The van der Waals surface area contributed by atoms with Gasteiger partial charge in [0.05, 0.1) is 7.11 Å². The second-order valence-corrected chi connectivity index (χ2v) is 6.00. The molecule has 1 aliphatic rings. The molecule has 1 heterocycles. The zero-order chi connectivity index (χ0) is 14.0. The lowest BCUT2D eigenvalue weighted by molar-refractivity contribution is 0.0591. The van der Waals surface area contributed by atoms with Crippen molar-refractivity contribution in [1.29, 1.82) is 0 Å². The Labute approximate surface area is 116 Å². The molecule has 0 aliphatic heterocycles. The summed E-state index contributed by atoms with van der Waals surface area (Å²) in [7, 11) is 1.29. The summed E-state index contributed by atoms with van der Waals surface area (Å²) in [5, 5.41) is 3.94. The number of hydrogen-bond donors (Lipinski definition) is 1. The van der Waals surface area contributed by atoms with Crippen LogP contribution in [0.4, 0.5) is 5.13 Å². The molecule has 2 unspecified atom stereocenters. The average Bonchev–Trinajstić information content (AvgIpc) is 2.95. The normalized spacial score (nSPS) is 22.3. The highest BCUT2D eigenvalue weighted by Gasteiger charge is 2.25. The van der Waals surface area contributed by atoms with Crippen LogP contribution < -0.4 is 5.32 Å². The van der Waals surface area contributed by atoms with Gasteiger partial charge < -0.3 is 10.1 Å². The summed E-state index contributed by atoms with van der Waals surface area (Å²) in [5.74, 6) is -0.00940. The van der Waals surface area contributed by atoms with E-state index in [4.69, 9.17) is 0 Å². The highest BCUT2D eigenvalue weighted by atomic mass is 32.1. The number of thiazole rings is 1. The third-order valence-corrected chi connectivity index (χ3v) is 4.44. The molecule has 0 saturated heterocycles. The fourth-order valence-corrected chi connectivity index (χ4v) is 3.29. The maximum atomic E-state index is 11.6. The Kier molecular flexibility index (Phi) is 4.19. The lowest BCUT2D eigenvalue weighted by Crippen LogP contribution is -2.15. The van der Waals surface area contributed by atoms with Crippen LogP contribution in [0.15, 0.2) is 0 Å². The van der Waals surface area contributed by atoms with E-state index in [2.05, 4.69) is 22.0 Å². The molecule has 0 amide bonds. The first-order valence-electron chi connectivity index (χ1n) is 6.38. The van der Waals surface area contributed by atoms with Gasteiger partial charge >= 0.3 is 5.97 Å². The van der Waals surface area contributed by atoms with Crippen molar-refractivity contribution >= 4 is 28.2 Å². The molecular weight excluding hydrogens is 264 g/mol. The minimum atomic E-state index is -0.561. The molecule has 1 aliphatic carbocycles. The molecule has 1 aromatic heterocycles. The first kappa shape index (κ1) is 14.0. The number of aromatic nitrogens is 1. The number of nitrogens with zero attached hydrogens (tertiary/aromatic N) is 1. The van der Waals surface area contributed by atoms with Crippen molar-refractivity contribution in [3.05, 3.63) is 10.6 Å². The van der Waals surface area contributed by atoms with Gasteiger partial charge in [-0.15, -0.1) is 0 Å². The maximum absolute atomic E-state index is 11.6. The van der Waals surface area contributed by atoms with Crippen LogP contribution in [0.25, 0.3) is 0 Å². The first-order chi connectivity index (χ1) is 9.01. The summed E-state index contributed by atoms with van der Waals surface area (Å²) in [5.41, 5.74) is 0.119. The summed E-state index contributed by atoms with van der Waals surface area (Å²) in [6.07, 6.45) is 3.40. The van der Waals surface area contributed by atoms with E-state index in [1.54, 1.807) is 0 Å². The molecule has 104 valence electrons. The van der Waals surface area contributed by atoms with Crippen molar-refractivity contribution in [2.24, 2.45) is 5.92 Å². The number of nitrogens with one attached hydrogen (secondary N) is 1. The van der Waals surface area contributed by atoms with Gasteiger partial charge in [-0.2, -0.15) is 0 Å². The Morgan fingerprint density at radius 3 is 2.68 bits per heavy atom. The van der Waals surface area contributed by atoms with Gasteiger partial charge in [-0.05, 0) is 25.2 Å². The maximum Gasteiger partial charge on any atom is 0.358 e. The molecule has 2 atom stereocenters. The van der Waals surface area contributed by atoms with Crippen molar-refractivity contribution in [2.45, 2.75) is 39.2 Å². The fraction of sp³-hybridized carbons (Fsp3) is 0.615. The van der Waals surface area contributed by atoms with E-state index in [1.807, 2.05) is 0 Å². The van der Waals surface area contributed by atoms with E-state index in [0.717, 1.165) is 12.8 Å². The van der Waals surface area contributed by atoms with Crippen LogP contribution in [0.2, 0.25) is 0 Å². The molecule has 0 aromatic carbocycles. The lowest BCUT2D eigenvalue weighted by atomic mass is 10.1. The smallest absolute Gasteiger partial charge is 0.358 e. The number of rotatable bonds is 4. The summed E-state index contributed by atoms with van der Waals surface area (Å²) in [6.45, 7) is 3.66. The number of methoxy groups -OCH3 is 1. The molecular formula is C13H18N2O3S. The van der Waals surface area contributed by atoms with Gasteiger partial charge in [0.1, 0.15) is 4.88 Å². The van der Waals surface area contributed by atoms with Crippen molar-refractivity contribution < 1.29 is 14.3 Å². The van der Waals surface area contributed by atoms with Crippen LogP contribution in [0.3, 0.4) is 0 Å². The van der Waals surface area contributed by atoms with E-state index >= 15 is 0 Å². The predicted molar refractivity (Wildman–Crippen MR) is 73.9 cm³/mol. The molecule has 1 saturated carbocycles. The van der Waals surface area contributed by atoms with Crippen LogP contribution in [-0.4, -0.2) is 29.9 Å². The quantitative estimate of drug-likeness (QED) is 0.679. The standard InChI is InChI=1S/C13H18N2O3S/c1-7-4-5-9(6-7)14-13-15-10(12(17)18-3)11(19-13)8(2)16/h7,9H,4-6H2,1-3H3,(H,14,15). The highest BCUT2D eigenvalue weighted by Crippen LogP contribution is 2.30. The van der Waals surface area contributed by atoms with Crippen LogP contribution >= 0.6 is 11.3 Å². The molecule has 1 aromatic rings. The van der Waals surface area contributed by atoms with Gasteiger partial charge in [-0.25, -0.2) is 9.78 Å². The number of hydrogen-bond acceptors (Lipinski definition) is 6. The Hall–Kier alpha value is -1.43. The van der Waals surface area contributed by atoms with Crippen LogP contribution in [0.1, 0.15) is 53.3 Å². The molecule has 1 fully saturated rings. The van der Waals surface area contributed by atoms with Gasteiger partial charge in [0.25, 0.3) is 0 Å². The van der Waals surface area contributed by atoms with Gasteiger partial charge in [0.2, 0.25) is 0 Å². The van der Waals surface area contributed by atoms with Crippen molar-refractivity contribution in [3.63, 3.8) is 0 Å². The third-order valence-electron chi connectivity index (χ3n) is 3.35. The van der Waals surface area contributed by atoms with Gasteiger partial charge in [0.15, 0.2) is 16.6 Å². The number of ether oxygens (including phenoxy) is 1. The minimum absolute atomic E-state index is 0.119. The lowest BCUT2D eigenvalue weighted by Gasteiger charge is -2.10. The Morgan fingerprint density at radius 2 is 2.16 bits per heavy atom. The van der Waals surface area contributed by atoms with E-state index in [1.165, 1.54) is 31.8 Å². The number of carbonyl (C=O) groups excluding carboxylic acids is 2. The fourth-order valence-electron chi connectivity index (χ4n) is 2.37. The largest absolute Gasteiger partial charge is 0.464 e. The number of anilines is 1. The summed E-state index contributed by atoms with van der Waals surface area (Å²) < 4.78 is 4.65. The van der Waals surface area contributed by atoms with Crippen molar-refractivity contribution in [2.75, 3.05) is 12.4 Å². The number of Topliss-reactive ketones (excluding diaryl/α,β-unsaturated/α-hetero) is 1. The van der Waals surface area contributed by atoms with Crippen LogP contribution in [-0.2, 0) is 4.74 Å². The second-order valence-electron chi connectivity index (χ2n) is 5.00. The Morgan fingerprint density at radius 1 is 1.42 bits per heavy atom. The Balaban J connectivity index is 2.18. The minimum Gasteiger partial charge on any atom is -0.464 e. The monoisotopic (exact) mass is 282 g/mol. The highest BCUT2D eigenvalue weighted by molar-refractivity contribution is 7.17. The predicted octanol–water partition coefficient (Wildman–Crippen LogP) is 2.73. The molecule has 5 nitrogen and oxygen atoms in total. The average molecular weight is 282 g/mol. The van der Waals surface area contributed by atoms with Crippen molar-refractivity contribution in [1.82, 2.24) is 4.98 Å². The third kappa shape index (κ3) is 3.12. The molecule has 0 radical (unpaired) electrons. The number of esters is 1.